The van der Waals surface area contributed by atoms with Crippen molar-refractivity contribution < 1.29 is 23.9 Å². The number of carbonyl (C=O) groups is 3. The van der Waals surface area contributed by atoms with Crippen molar-refractivity contribution in [3.63, 3.8) is 0 Å². The molecular formula is C33H40IN3O5. The minimum atomic E-state index is -1.11. The van der Waals surface area contributed by atoms with Crippen molar-refractivity contribution in [2.45, 2.75) is 45.1 Å². The van der Waals surface area contributed by atoms with E-state index in [9.17, 15) is 14.4 Å². The molecule has 2 amide bonds. The van der Waals surface area contributed by atoms with E-state index >= 15 is 0 Å². The van der Waals surface area contributed by atoms with Crippen molar-refractivity contribution in [1.82, 2.24) is 3.11 Å². The number of alkyl halides is 2. The van der Waals surface area contributed by atoms with Gasteiger partial charge in [-0.3, -0.25) is 9.59 Å². The summed E-state index contributed by atoms with van der Waals surface area (Å²) in [5, 5.41) is 5.90. The van der Waals surface area contributed by atoms with Gasteiger partial charge in [-0.25, -0.2) is 0 Å². The second-order valence-corrected chi connectivity index (χ2v) is 15.8. The average Bonchev–Trinajstić information content (AvgIpc) is 2.98. The van der Waals surface area contributed by atoms with Crippen molar-refractivity contribution in [2.75, 3.05) is 40.2 Å². The molecule has 1 saturated heterocycles. The Hall–Kier alpha value is -3.44. The Balaban J connectivity index is 1.39. The predicted octanol–water partition coefficient (Wildman–Crippen LogP) is 7.22. The Morgan fingerprint density at radius 3 is 2.60 bits per heavy atom. The third-order valence-corrected chi connectivity index (χ3v) is 10.7. The summed E-state index contributed by atoms with van der Waals surface area (Å²) >= 11 is -1.11. The number of ether oxygens (including phenoxy) is 2. The van der Waals surface area contributed by atoms with Gasteiger partial charge in [-0.1, -0.05) is 0 Å². The topological polar surface area (TPSA) is 97.0 Å². The van der Waals surface area contributed by atoms with E-state index in [1.807, 2.05) is 55.5 Å². The Morgan fingerprint density at radius 2 is 1.86 bits per heavy atom. The minimum absolute atomic E-state index is 0.0976. The first kappa shape index (κ1) is 31.5. The number of piperidine rings is 1. The van der Waals surface area contributed by atoms with Crippen molar-refractivity contribution in [3.8, 4) is 16.9 Å². The van der Waals surface area contributed by atoms with Gasteiger partial charge < -0.3 is 10.1 Å². The molecule has 1 unspecified atom stereocenters. The van der Waals surface area contributed by atoms with E-state index in [4.69, 9.17) is 9.47 Å². The fourth-order valence-corrected chi connectivity index (χ4v) is 7.51. The van der Waals surface area contributed by atoms with Crippen LogP contribution in [0.3, 0.4) is 0 Å². The van der Waals surface area contributed by atoms with Crippen LogP contribution in [-0.4, -0.2) is 57.1 Å². The molecule has 3 aromatic rings. The number of amides is 2. The molecule has 0 aliphatic carbocycles. The number of carbonyl (C=O) groups excluding carboxylic acids is 3. The van der Waals surface area contributed by atoms with Crippen molar-refractivity contribution in [2.24, 2.45) is 0 Å². The number of benzene rings is 3. The number of rotatable bonds is 12. The number of hydrogen-bond acceptors (Lipinski definition) is 6. The van der Waals surface area contributed by atoms with Gasteiger partial charge in [0.05, 0.1) is 12.2 Å². The minimum Gasteiger partial charge on any atom is -0.298 e. The van der Waals surface area contributed by atoms with Crippen LogP contribution in [0.1, 0.15) is 48.5 Å². The summed E-state index contributed by atoms with van der Waals surface area (Å²) in [5.41, 5.74) is 4.66. The maximum atomic E-state index is 13.0. The smallest absolute Gasteiger partial charge is 0.153 e. The third-order valence-electron chi connectivity index (χ3n) is 7.08. The zero-order chi connectivity index (χ0) is 29.9. The monoisotopic (exact) mass is 685 g/mol. The van der Waals surface area contributed by atoms with Gasteiger partial charge in [0.15, 0.2) is 6.29 Å². The number of nitrogens with zero attached hydrogens (tertiary/aromatic N) is 1. The van der Waals surface area contributed by atoms with Crippen LogP contribution >= 0.6 is 20.1 Å². The van der Waals surface area contributed by atoms with Crippen molar-refractivity contribution >= 4 is 49.8 Å². The Labute approximate surface area is 255 Å². The van der Waals surface area contributed by atoms with E-state index in [2.05, 4.69) is 23.6 Å². The van der Waals surface area contributed by atoms with Gasteiger partial charge in [0.2, 0.25) is 5.91 Å². The summed E-state index contributed by atoms with van der Waals surface area (Å²) in [6.45, 7) is 4.18. The summed E-state index contributed by atoms with van der Waals surface area (Å²) in [5.74, 6) is 0.329. The SMILES string of the molecule is CCOc1cc(NC(=O)CCCc2ccc(-c3ccccc3)c(NC(=O)OC3CCCN(I(C)C)C3)c2)ccc1C=O. The van der Waals surface area contributed by atoms with Crippen LogP contribution in [0.2, 0.25) is 0 Å². The van der Waals surface area contributed by atoms with Crippen molar-refractivity contribution in [3.05, 3.63) is 77.9 Å². The number of hydrogen-bond donors (Lipinski definition) is 2. The zero-order valence-electron chi connectivity index (χ0n) is 24.5. The summed E-state index contributed by atoms with van der Waals surface area (Å²) < 4.78 is 13.9. The van der Waals surface area contributed by atoms with Crippen LogP contribution in [0.5, 0.6) is 5.75 Å². The Bertz CT molecular complexity index is 1370. The molecule has 42 heavy (non-hydrogen) atoms. The Morgan fingerprint density at radius 1 is 1.05 bits per heavy atom. The molecular weight excluding hydrogens is 645 g/mol. The fraction of sp³-hybridized carbons (Fsp3) is 0.364. The zero-order valence-corrected chi connectivity index (χ0v) is 26.7. The van der Waals surface area contributed by atoms with Gasteiger partial charge in [-0.05, 0) is 19.1 Å². The molecule has 0 radical (unpaired) electrons. The molecule has 3 aromatic carbocycles. The third kappa shape index (κ3) is 9.03. The van der Waals surface area contributed by atoms with Crippen molar-refractivity contribution in [1.29, 1.82) is 0 Å². The molecule has 1 atom stereocenters. The van der Waals surface area contributed by atoms with Crippen LogP contribution in [0.15, 0.2) is 66.7 Å². The van der Waals surface area contributed by atoms with Crippen LogP contribution in [0.25, 0.3) is 11.1 Å². The largest absolute Gasteiger partial charge is 0.298 e. The van der Waals surface area contributed by atoms with Gasteiger partial charge in [0.25, 0.3) is 0 Å². The van der Waals surface area contributed by atoms with E-state index in [1.54, 1.807) is 18.2 Å². The van der Waals surface area contributed by atoms with E-state index in [1.165, 1.54) is 0 Å². The summed E-state index contributed by atoms with van der Waals surface area (Å²) in [7, 11) is 0. The summed E-state index contributed by atoms with van der Waals surface area (Å²) in [6, 6.07) is 21.0. The molecule has 0 saturated carbocycles. The molecule has 0 aromatic heterocycles. The van der Waals surface area contributed by atoms with Crippen LogP contribution in [-0.2, 0) is 16.0 Å². The molecule has 8 nitrogen and oxygen atoms in total. The second kappa shape index (κ2) is 15.7. The number of aldehydes is 1. The first-order chi connectivity index (χ1) is 20.4. The normalized spacial score (nSPS) is 15.4. The molecule has 1 fully saturated rings. The molecule has 224 valence electrons. The second-order valence-electron chi connectivity index (χ2n) is 10.3. The number of aryl methyl sites for hydroxylation is 1. The van der Waals surface area contributed by atoms with E-state index in [-0.39, 0.29) is 12.0 Å². The maximum absolute atomic E-state index is 13.0. The van der Waals surface area contributed by atoms with Gasteiger partial charge >= 0.3 is 176 Å². The standard InChI is InChI=1S/C33H40IN3O5/c1-4-41-31-21-27(17-16-26(31)23-38)35-32(39)14-8-10-24-15-18-29(25-11-6-5-7-12-25)30(20-24)36-33(40)42-28-13-9-19-37(22-28)34(2)3/h5-7,11-12,15-18,20-21,23,28H,4,8-10,13-14,19,22H2,1-3H3,(H,35,39)(H,36,40). The van der Waals surface area contributed by atoms with Crippen LogP contribution in [0.4, 0.5) is 16.2 Å². The molecule has 1 aliphatic heterocycles. The predicted molar refractivity (Wildman–Crippen MR) is 177 cm³/mol. The van der Waals surface area contributed by atoms with Gasteiger partial charge in [0.1, 0.15) is 5.75 Å². The quantitative estimate of drug-likeness (QED) is 0.0905. The number of anilines is 2. The molecule has 1 aliphatic rings. The summed E-state index contributed by atoms with van der Waals surface area (Å²) in [6.07, 6.45) is 3.75. The molecule has 0 spiro atoms. The van der Waals surface area contributed by atoms with E-state index < -0.39 is 26.2 Å². The van der Waals surface area contributed by atoms with Crippen LogP contribution in [0, 0.1) is 0 Å². The molecule has 2 N–H and O–H groups in total. The maximum Gasteiger partial charge on any atom is 0.153 e. The van der Waals surface area contributed by atoms with Gasteiger partial charge in [-0.2, -0.15) is 0 Å². The van der Waals surface area contributed by atoms with E-state index in [0.717, 1.165) is 48.9 Å². The number of halogens is 1. The van der Waals surface area contributed by atoms with Gasteiger partial charge in [0, 0.05) is 11.8 Å². The molecule has 1 heterocycles. The van der Waals surface area contributed by atoms with E-state index in [0.29, 0.717) is 48.6 Å². The molecule has 4 rings (SSSR count). The Kier molecular flexibility index (Phi) is 11.8. The summed E-state index contributed by atoms with van der Waals surface area (Å²) in [4.78, 5) is 41.5. The first-order valence-electron chi connectivity index (χ1n) is 14.3. The van der Waals surface area contributed by atoms with Crippen LogP contribution < -0.4 is 15.4 Å². The molecule has 0 bridgehead atoms. The average molecular weight is 686 g/mol. The fourth-order valence-electron chi connectivity index (χ4n) is 4.97. The number of nitrogens with one attached hydrogen (secondary N) is 2. The first-order valence-corrected chi connectivity index (χ1v) is 19.6. The molecule has 9 heteroatoms. The van der Waals surface area contributed by atoms with Gasteiger partial charge in [-0.15, -0.1) is 0 Å².